The van der Waals surface area contributed by atoms with E-state index in [0.717, 1.165) is 30.0 Å². The van der Waals surface area contributed by atoms with E-state index in [2.05, 4.69) is 17.2 Å². The summed E-state index contributed by atoms with van der Waals surface area (Å²) in [7, 11) is 0. The third kappa shape index (κ3) is 2.33. The lowest BCUT2D eigenvalue weighted by Gasteiger charge is -1.97. The maximum Gasteiger partial charge on any atom is 0.208 e. The molecule has 16 heavy (non-hydrogen) atoms. The van der Waals surface area contributed by atoms with E-state index in [-0.39, 0.29) is 0 Å². The van der Waals surface area contributed by atoms with Gasteiger partial charge in [-0.15, -0.1) is 0 Å². The number of nitrogens with zero attached hydrogens (tertiary/aromatic N) is 1. The lowest BCUT2D eigenvalue weighted by molar-refractivity contribution is 0.475. The SMILES string of the molecule is CCCNCc1ncc(-c2ccoc2C)o1. The molecular weight excluding hydrogens is 204 g/mol. The minimum Gasteiger partial charge on any atom is -0.469 e. The fraction of sp³-hybridized carbons (Fsp3) is 0.417. The zero-order valence-corrected chi connectivity index (χ0v) is 9.62. The molecule has 0 aliphatic heterocycles. The van der Waals surface area contributed by atoms with Crippen LogP contribution in [-0.4, -0.2) is 11.5 Å². The van der Waals surface area contributed by atoms with Crippen molar-refractivity contribution in [1.29, 1.82) is 0 Å². The first-order chi connectivity index (χ1) is 7.81. The number of hydrogen-bond donors (Lipinski definition) is 1. The molecule has 4 heteroatoms. The topological polar surface area (TPSA) is 51.2 Å². The summed E-state index contributed by atoms with van der Waals surface area (Å²) in [5.41, 5.74) is 0.967. The van der Waals surface area contributed by atoms with E-state index in [1.54, 1.807) is 12.5 Å². The minimum absolute atomic E-state index is 0.671. The van der Waals surface area contributed by atoms with E-state index in [0.29, 0.717) is 12.4 Å². The fourth-order valence-corrected chi connectivity index (χ4v) is 1.53. The van der Waals surface area contributed by atoms with Crippen molar-refractivity contribution >= 4 is 0 Å². The monoisotopic (exact) mass is 220 g/mol. The van der Waals surface area contributed by atoms with Crippen LogP contribution in [0.1, 0.15) is 25.0 Å². The Hall–Kier alpha value is -1.55. The highest BCUT2D eigenvalue weighted by atomic mass is 16.4. The molecule has 2 aromatic rings. The summed E-state index contributed by atoms with van der Waals surface area (Å²) in [4.78, 5) is 4.21. The lowest BCUT2D eigenvalue weighted by Crippen LogP contribution is -2.13. The van der Waals surface area contributed by atoms with Crippen LogP contribution >= 0.6 is 0 Å². The minimum atomic E-state index is 0.671. The van der Waals surface area contributed by atoms with Crippen molar-refractivity contribution in [3.8, 4) is 11.3 Å². The van der Waals surface area contributed by atoms with Crippen LogP contribution in [0.15, 0.2) is 27.4 Å². The van der Waals surface area contributed by atoms with Crippen LogP contribution in [0.5, 0.6) is 0 Å². The summed E-state index contributed by atoms with van der Waals surface area (Å²) in [6, 6.07) is 1.89. The maximum absolute atomic E-state index is 5.62. The average molecular weight is 220 g/mol. The Labute approximate surface area is 94.7 Å². The molecule has 0 aliphatic carbocycles. The van der Waals surface area contributed by atoms with E-state index in [1.807, 2.05) is 13.0 Å². The van der Waals surface area contributed by atoms with Gasteiger partial charge in [-0.3, -0.25) is 0 Å². The van der Waals surface area contributed by atoms with Gasteiger partial charge in [0.15, 0.2) is 5.76 Å². The predicted molar refractivity (Wildman–Crippen MR) is 60.9 cm³/mol. The average Bonchev–Trinajstić information content (AvgIpc) is 2.87. The van der Waals surface area contributed by atoms with Crippen LogP contribution in [0.25, 0.3) is 11.3 Å². The van der Waals surface area contributed by atoms with Gasteiger partial charge in [-0.1, -0.05) is 6.92 Å². The van der Waals surface area contributed by atoms with Crippen molar-refractivity contribution in [2.24, 2.45) is 0 Å². The van der Waals surface area contributed by atoms with Gasteiger partial charge in [-0.2, -0.15) is 0 Å². The third-order valence-electron chi connectivity index (χ3n) is 2.38. The molecule has 0 radical (unpaired) electrons. The summed E-state index contributed by atoms with van der Waals surface area (Å²) < 4.78 is 10.8. The number of hydrogen-bond acceptors (Lipinski definition) is 4. The van der Waals surface area contributed by atoms with Crippen LogP contribution in [-0.2, 0) is 6.54 Å². The van der Waals surface area contributed by atoms with Gasteiger partial charge >= 0.3 is 0 Å². The highest BCUT2D eigenvalue weighted by Gasteiger charge is 2.10. The van der Waals surface area contributed by atoms with E-state index in [1.165, 1.54) is 0 Å². The van der Waals surface area contributed by atoms with Gasteiger partial charge in [0.05, 0.1) is 24.6 Å². The molecule has 0 aromatic carbocycles. The number of nitrogens with one attached hydrogen (secondary N) is 1. The molecule has 2 heterocycles. The van der Waals surface area contributed by atoms with E-state index >= 15 is 0 Å². The molecule has 1 N–H and O–H groups in total. The largest absolute Gasteiger partial charge is 0.469 e. The van der Waals surface area contributed by atoms with E-state index in [4.69, 9.17) is 8.83 Å². The van der Waals surface area contributed by atoms with E-state index < -0.39 is 0 Å². The van der Waals surface area contributed by atoms with Crippen molar-refractivity contribution in [1.82, 2.24) is 10.3 Å². The molecule has 0 unspecified atom stereocenters. The quantitative estimate of drug-likeness (QED) is 0.787. The number of aromatic nitrogens is 1. The molecule has 0 amide bonds. The Balaban J connectivity index is 2.05. The van der Waals surface area contributed by atoms with Crippen LogP contribution in [0, 0.1) is 6.92 Å². The Bertz CT molecular complexity index is 445. The second kappa shape index (κ2) is 4.99. The number of rotatable bonds is 5. The Morgan fingerprint density at radius 2 is 2.31 bits per heavy atom. The second-order valence-electron chi connectivity index (χ2n) is 3.69. The van der Waals surface area contributed by atoms with Gasteiger partial charge in [-0.05, 0) is 26.0 Å². The molecular formula is C12H16N2O2. The third-order valence-corrected chi connectivity index (χ3v) is 2.38. The molecule has 0 saturated carbocycles. The van der Waals surface area contributed by atoms with Gasteiger partial charge in [0.2, 0.25) is 5.89 Å². The Morgan fingerprint density at radius 1 is 1.44 bits per heavy atom. The molecule has 0 saturated heterocycles. The fourth-order valence-electron chi connectivity index (χ4n) is 1.53. The summed E-state index contributed by atoms with van der Waals surface area (Å²) >= 11 is 0. The van der Waals surface area contributed by atoms with Crippen LogP contribution < -0.4 is 5.32 Å². The molecule has 2 rings (SSSR count). The molecule has 4 nitrogen and oxygen atoms in total. The number of aryl methyl sites for hydroxylation is 1. The summed E-state index contributed by atoms with van der Waals surface area (Å²) in [6.45, 7) is 5.68. The standard InChI is InChI=1S/C12H16N2O2/c1-3-5-13-8-12-14-7-11(16-12)10-4-6-15-9(10)2/h4,6-7,13H,3,5,8H2,1-2H3. The first kappa shape index (κ1) is 11.0. The Kier molecular flexibility index (Phi) is 3.41. The zero-order valence-electron chi connectivity index (χ0n) is 9.62. The summed E-state index contributed by atoms with van der Waals surface area (Å²) in [5.74, 6) is 2.33. The van der Waals surface area contributed by atoms with Crippen LogP contribution in [0.4, 0.5) is 0 Å². The number of furan rings is 1. The number of oxazole rings is 1. The molecule has 0 atom stereocenters. The predicted octanol–water partition coefficient (Wildman–Crippen LogP) is 2.74. The van der Waals surface area contributed by atoms with Crippen molar-refractivity contribution in [3.63, 3.8) is 0 Å². The molecule has 0 bridgehead atoms. The van der Waals surface area contributed by atoms with Gasteiger partial charge in [0.25, 0.3) is 0 Å². The molecule has 0 aliphatic rings. The van der Waals surface area contributed by atoms with Gasteiger partial charge < -0.3 is 14.2 Å². The van der Waals surface area contributed by atoms with Crippen molar-refractivity contribution in [3.05, 3.63) is 30.2 Å². The van der Waals surface area contributed by atoms with Crippen molar-refractivity contribution in [2.45, 2.75) is 26.8 Å². The van der Waals surface area contributed by atoms with Gasteiger partial charge in [0, 0.05) is 0 Å². The molecule has 86 valence electrons. The van der Waals surface area contributed by atoms with Gasteiger partial charge in [0.1, 0.15) is 5.76 Å². The van der Waals surface area contributed by atoms with Crippen LogP contribution in [0.2, 0.25) is 0 Å². The van der Waals surface area contributed by atoms with Gasteiger partial charge in [-0.25, -0.2) is 4.98 Å². The first-order valence-corrected chi connectivity index (χ1v) is 5.51. The Morgan fingerprint density at radius 3 is 3.00 bits per heavy atom. The highest BCUT2D eigenvalue weighted by molar-refractivity contribution is 5.58. The normalized spacial score (nSPS) is 10.9. The van der Waals surface area contributed by atoms with E-state index in [9.17, 15) is 0 Å². The lowest BCUT2D eigenvalue weighted by atomic mass is 10.2. The van der Waals surface area contributed by atoms with Crippen molar-refractivity contribution < 1.29 is 8.83 Å². The van der Waals surface area contributed by atoms with Crippen LogP contribution in [0.3, 0.4) is 0 Å². The second-order valence-corrected chi connectivity index (χ2v) is 3.69. The highest BCUT2D eigenvalue weighted by Crippen LogP contribution is 2.24. The molecule has 2 aromatic heterocycles. The first-order valence-electron chi connectivity index (χ1n) is 5.51. The van der Waals surface area contributed by atoms with Crippen molar-refractivity contribution in [2.75, 3.05) is 6.54 Å². The zero-order chi connectivity index (χ0) is 11.4. The maximum atomic E-state index is 5.62. The summed E-state index contributed by atoms with van der Waals surface area (Å²) in [5, 5.41) is 3.24. The summed E-state index contributed by atoms with van der Waals surface area (Å²) in [6.07, 6.45) is 4.50. The smallest absolute Gasteiger partial charge is 0.208 e. The molecule has 0 spiro atoms. The molecule has 0 fully saturated rings.